The van der Waals surface area contributed by atoms with Gasteiger partial charge in [0.1, 0.15) is 10.6 Å². The van der Waals surface area contributed by atoms with Crippen molar-refractivity contribution in [1.82, 2.24) is 0 Å². The third-order valence-electron chi connectivity index (χ3n) is 1.51. The topological polar surface area (TPSA) is 55.7 Å². The molecule has 0 bridgehead atoms. The molecule has 0 aromatic heterocycles. The van der Waals surface area contributed by atoms with E-state index < -0.39 is 27.0 Å². The van der Waals surface area contributed by atoms with E-state index in [0.717, 1.165) is 12.1 Å². The predicted octanol–water partition coefficient (Wildman–Crippen LogP) is 2.38. The van der Waals surface area contributed by atoms with E-state index in [2.05, 4.69) is 21.4 Å². The van der Waals surface area contributed by atoms with Gasteiger partial charge in [0.25, 0.3) is 10.0 Å². The highest BCUT2D eigenvalue weighted by atomic mass is 32.2. The Morgan fingerprint density at radius 1 is 1.29 bits per heavy atom. The largest absolute Gasteiger partial charge is 0.573 e. The Labute approximate surface area is 99.8 Å². The molecule has 0 fully saturated rings. The summed E-state index contributed by atoms with van der Waals surface area (Å²) in [5, 5.41) is 1.58. The van der Waals surface area contributed by atoms with Crippen molar-refractivity contribution in [3.05, 3.63) is 24.3 Å². The number of para-hydroxylation sites is 1. The molecule has 1 rings (SSSR count). The number of ether oxygens (including phenoxy) is 1. The molecule has 0 N–H and O–H groups in total. The van der Waals surface area contributed by atoms with E-state index in [1.807, 2.05) is 0 Å². The van der Waals surface area contributed by atoms with Crippen LogP contribution in [0.3, 0.4) is 0 Å². The van der Waals surface area contributed by atoms with E-state index >= 15 is 0 Å². The minimum absolute atomic E-state index is 0.727. The number of isothiocyanates is 1. The quantitative estimate of drug-likeness (QED) is 0.631. The third kappa shape index (κ3) is 3.81. The van der Waals surface area contributed by atoms with Crippen molar-refractivity contribution in [2.24, 2.45) is 4.40 Å². The van der Waals surface area contributed by atoms with Crippen LogP contribution in [0.5, 0.6) is 5.75 Å². The zero-order valence-electron chi connectivity index (χ0n) is 7.93. The lowest BCUT2D eigenvalue weighted by atomic mass is 10.3. The molecule has 0 spiro atoms. The Morgan fingerprint density at radius 3 is 2.41 bits per heavy atom. The average molecular weight is 283 g/mol. The van der Waals surface area contributed by atoms with E-state index in [1.54, 1.807) is 5.16 Å². The van der Waals surface area contributed by atoms with Gasteiger partial charge in [-0.15, -0.1) is 17.6 Å². The number of thiocarbonyl (C=S) groups is 1. The molecule has 4 nitrogen and oxygen atoms in total. The number of rotatable bonds is 3. The molecule has 0 aliphatic rings. The van der Waals surface area contributed by atoms with Crippen LogP contribution in [-0.2, 0) is 10.0 Å². The van der Waals surface area contributed by atoms with E-state index in [1.165, 1.54) is 12.1 Å². The molecule has 0 heterocycles. The second-order valence-corrected chi connectivity index (χ2v) is 4.41. The molecule has 0 unspecified atom stereocenters. The monoisotopic (exact) mass is 283 g/mol. The summed E-state index contributed by atoms with van der Waals surface area (Å²) >= 11 is 4.09. The number of hydrogen-bond acceptors (Lipinski definition) is 4. The number of benzene rings is 1. The first-order chi connectivity index (χ1) is 7.76. The van der Waals surface area contributed by atoms with E-state index in [4.69, 9.17) is 0 Å². The molecular weight excluding hydrogens is 279 g/mol. The van der Waals surface area contributed by atoms with Crippen molar-refractivity contribution >= 4 is 27.4 Å². The molecule has 9 heteroatoms. The van der Waals surface area contributed by atoms with Crippen molar-refractivity contribution < 1.29 is 26.3 Å². The smallest absolute Gasteiger partial charge is 0.404 e. The van der Waals surface area contributed by atoms with Crippen molar-refractivity contribution in [2.45, 2.75) is 11.3 Å². The lowest BCUT2D eigenvalue weighted by Gasteiger charge is -2.11. The van der Waals surface area contributed by atoms with Gasteiger partial charge in [-0.05, 0) is 24.4 Å². The van der Waals surface area contributed by atoms with Crippen molar-refractivity contribution in [3.63, 3.8) is 0 Å². The minimum atomic E-state index is -4.99. The first kappa shape index (κ1) is 13.6. The van der Waals surface area contributed by atoms with Gasteiger partial charge in [0.15, 0.2) is 0 Å². The summed E-state index contributed by atoms with van der Waals surface area (Å²) in [5.74, 6) is -0.867. The number of alkyl halides is 3. The number of sulfonamides is 1. The van der Waals surface area contributed by atoms with E-state index in [0.29, 0.717) is 0 Å². The van der Waals surface area contributed by atoms with Crippen molar-refractivity contribution in [3.8, 4) is 5.75 Å². The van der Waals surface area contributed by atoms with Crippen LogP contribution in [0, 0.1) is 0 Å². The Morgan fingerprint density at radius 2 is 1.88 bits per heavy atom. The van der Waals surface area contributed by atoms with Gasteiger partial charge in [0.2, 0.25) is 0 Å². The van der Waals surface area contributed by atoms with Crippen LogP contribution in [0.2, 0.25) is 0 Å². The van der Waals surface area contributed by atoms with Crippen LogP contribution in [0.15, 0.2) is 33.6 Å². The maximum absolute atomic E-state index is 12.0. The molecule has 1 aromatic carbocycles. The number of halogens is 3. The molecule has 0 amide bonds. The highest BCUT2D eigenvalue weighted by molar-refractivity contribution is 7.91. The summed E-state index contributed by atoms with van der Waals surface area (Å²) < 4.78 is 65.2. The maximum Gasteiger partial charge on any atom is 0.573 e. The van der Waals surface area contributed by atoms with Crippen LogP contribution < -0.4 is 4.74 Å². The highest BCUT2D eigenvalue weighted by Gasteiger charge is 2.33. The molecule has 0 saturated carbocycles. The molecule has 1 aromatic rings. The second-order valence-electron chi connectivity index (χ2n) is 2.65. The summed E-state index contributed by atoms with van der Waals surface area (Å²) in [6.45, 7) is 0. The first-order valence-corrected chi connectivity index (χ1v) is 5.80. The molecule has 0 atom stereocenters. The molecule has 0 aliphatic heterocycles. The Balaban J connectivity index is 3.31. The zero-order valence-corrected chi connectivity index (χ0v) is 9.56. The average Bonchev–Trinajstić information content (AvgIpc) is 2.15. The van der Waals surface area contributed by atoms with Crippen LogP contribution >= 0.6 is 12.2 Å². The van der Waals surface area contributed by atoms with E-state index in [-0.39, 0.29) is 0 Å². The fraction of sp³-hybridized carbons (Fsp3) is 0.125. The fourth-order valence-corrected chi connectivity index (χ4v) is 2.08. The lowest BCUT2D eigenvalue weighted by molar-refractivity contribution is -0.275. The summed E-state index contributed by atoms with van der Waals surface area (Å²) in [5.41, 5.74) is 0. The third-order valence-corrected chi connectivity index (χ3v) is 2.94. The van der Waals surface area contributed by atoms with Gasteiger partial charge in [-0.3, -0.25) is 0 Å². The van der Waals surface area contributed by atoms with Gasteiger partial charge in [-0.2, -0.15) is 8.42 Å². The maximum atomic E-state index is 12.0. The van der Waals surface area contributed by atoms with Crippen LogP contribution in [0.25, 0.3) is 0 Å². The summed E-state index contributed by atoms with van der Waals surface area (Å²) in [6.07, 6.45) is -4.99. The molecule has 0 radical (unpaired) electrons. The normalized spacial score (nSPS) is 11.7. The van der Waals surface area contributed by atoms with Gasteiger partial charge >= 0.3 is 6.36 Å². The van der Waals surface area contributed by atoms with Gasteiger partial charge in [0.05, 0.1) is 5.16 Å². The highest BCUT2D eigenvalue weighted by Crippen LogP contribution is 2.30. The van der Waals surface area contributed by atoms with Crippen LogP contribution in [0.4, 0.5) is 13.2 Å². The minimum Gasteiger partial charge on any atom is -0.404 e. The molecule has 92 valence electrons. The standard InChI is InChI=1S/C8H4F3NO3S2/c9-8(10,11)15-6-3-1-2-4-7(6)17(13,14)12-5-16/h1-4H. The molecule has 0 aliphatic carbocycles. The molecular formula is C8H4F3NO3S2. The van der Waals surface area contributed by atoms with Gasteiger partial charge < -0.3 is 4.74 Å². The van der Waals surface area contributed by atoms with Gasteiger partial charge in [-0.1, -0.05) is 12.1 Å². The number of nitrogens with zero attached hydrogens (tertiary/aromatic N) is 1. The summed E-state index contributed by atoms with van der Waals surface area (Å²) in [6, 6.07) is 4.21. The number of hydrogen-bond donors (Lipinski definition) is 0. The Hall–Kier alpha value is -1.44. The van der Waals surface area contributed by atoms with Crippen molar-refractivity contribution in [1.29, 1.82) is 0 Å². The Kier molecular flexibility index (Phi) is 3.87. The SMILES string of the molecule is O=S(=O)(N=C=S)c1ccccc1OC(F)(F)F. The first-order valence-electron chi connectivity index (χ1n) is 3.95. The molecule has 17 heavy (non-hydrogen) atoms. The van der Waals surface area contributed by atoms with Gasteiger partial charge in [0, 0.05) is 0 Å². The lowest BCUT2D eigenvalue weighted by Crippen LogP contribution is -2.18. The molecule has 0 saturated heterocycles. The van der Waals surface area contributed by atoms with Crippen molar-refractivity contribution in [2.75, 3.05) is 0 Å². The van der Waals surface area contributed by atoms with Crippen LogP contribution in [-0.4, -0.2) is 19.9 Å². The summed E-state index contributed by atoms with van der Waals surface area (Å²) in [7, 11) is -4.33. The van der Waals surface area contributed by atoms with Gasteiger partial charge in [-0.25, -0.2) is 0 Å². The second kappa shape index (κ2) is 4.82. The summed E-state index contributed by atoms with van der Waals surface area (Å²) in [4.78, 5) is -0.727. The predicted molar refractivity (Wildman–Crippen MR) is 55.3 cm³/mol. The fourth-order valence-electron chi connectivity index (χ4n) is 0.971. The zero-order chi connectivity index (χ0) is 13.1. The Bertz CT molecular complexity index is 562. The van der Waals surface area contributed by atoms with Crippen LogP contribution in [0.1, 0.15) is 0 Å². The van der Waals surface area contributed by atoms with E-state index in [9.17, 15) is 21.6 Å².